The van der Waals surface area contributed by atoms with Crippen LogP contribution in [-0.4, -0.2) is 29.9 Å². The van der Waals surface area contributed by atoms with E-state index >= 15 is 0 Å². The monoisotopic (exact) mass is 452 g/mol. The first-order chi connectivity index (χ1) is 16.6. The van der Waals surface area contributed by atoms with E-state index in [1.165, 1.54) is 11.6 Å². The molecule has 1 aromatic heterocycles. The Morgan fingerprint density at radius 3 is 2.32 bits per heavy atom. The Morgan fingerprint density at radius 2 is 1.65 bits per heavy atom. The number of carbonyl (C=O) groups excluding carboxylic acids is 1. The average Bonchev–Trinajstić information content (AvgIpc) is 3.35. The largest absolute Gasteiger partial charge is 0.497 e. The second-order valence-corrected chi connectivity index (χ2v) is 7.82. The van der Waals surface area contributed by atoms with Crippen molar-refractivity contribution in [2.75, 3.05) is 13.7 Å². The molecule has 0 aliphatic carbocycles. The van der Waals surface area contributed by atoms with Crippen molar-refractivity contribution in [2.45, 2.75) is 20.3 Å². The summed E-state index contributed by atoms with van der Waals surface area (Å²) in [5, 5.41) is 8.27. The predicted molar refractivity (Wildman–Crippen MR) is 137 cm³/mol. The van der Waals surface area contributed by atoms with Gasteiger partial charge in [-0.3, -0.25) is 5.10 Å². The molecule has 0 radical (unpaired) electrons. The number of carbonyl (C=O) groups is 1. The summed E-state index contributed by atoms with van der Waals surface area (Å²) in [6, 6.07) is 22.8. The minimum atomic E-state index is -0.339. The quantitative estimate of drug-likeness (QED) is 0.188. The molecule has 0 unspecified atom stereocenters. The summed E-state index contributed by atoms with van der Waals surface area (Å²) in [5.41, 5.74) is 7.71. The van der Waals surface area contributed by atoms with Crippen LogP contribution in [0.2, 0.25) is 0 Å². The van der Waals surface area contributed by atoms with Crippen molar-refractivity contribution in [3.05, 3.63) is 101 Å². The number of esters is 1. The van der Waals surface area contributed by atoms with E-state index in [9.17, 15) is 4.79 Å². The second kappa shape index (κ2) is 10.7. The molecular formula is C29H28N2O3. The van der Waals surface area contributed by atoms with Gasteiger partial charge in [0.25, 0.3) is 0 Å². The predicted octanol–water partition coefficient (Wildman–Crippen LogP) is 6.52. The van der Waals surface area contributed by atoms with Gasteiger partial charge in [0.05, 0.1) is 25.4 Å². The van der Waals surface area contributed by atoms with Gasteiger partial charge in [0, 0.05) is 11.5 Å². The highest BCUT2D eigenvalue weighted by molar-refractivity contribution is 6.00. The lowest BCUT2D eigenvalue weighted by Gasteiger charge is -2.17. The molecule has 5 heteroatoms. The van der Waals surface area contributed by atoms with Crippen molar-refractivity contribution in [2.24, 2.45) is 0 Å². The standard InChI is InChI=1S/C29H28N2O3/c1-4-26(21-11-14-25(33-3)15-12-21)29(23-13-16-27-24(18-23)19-30-31-27)22-9-6-20(7-10-22)8-17-28(32)34-5-2/h6-19H,4-5H2,1-3H3,(H,30,31)/b17-8+,29-26+. The van der Waals surface area contributed by atoms with Crippen LogP contribution in [0.3, 0.4) is 0 Å². The number of allylic oxidation sites excluding steroid dienone is 1. The number of methoxy groups -OCH3 is 1. The number of rotatable bonds is 8. The minimum absolute atomic E-state index is 0.339. The third-order valence-corrected chi connectivity index (χ3v) is 5.72. The second-order valence-electron chi connectivity index (χ2n) is 7.82. The molecule has 1 heterocycles. The number of H-pyrrole nitrogens is 1. The van der Waals surface area contributed by atoms with E-state index in [1.807, 2.05) is 30.5 Å². The maximum absolute atomic E-state index is 11.7. The van der Waals surface area contributed by atoms with Gasteiger partial charge in [-0.25, -0.2) is 4.79 Å². The molecule has 0 saturated carbocycles. The first-order valence-corrected chi connectivity index (χ1v) is 11.4. The first-order valence-electron chi connectivity index (χ1n) is 11.4. The topological polar surface area (TPSA) is 64.2 Å². The number of ether oxygens (including phenoxy) is 2. The zero-order valence-electron chi connectivity index (χ0n) is 19.7. The van der Waals surface area contributed by atoms with Crippen LogP contribution in [-0.2, 0) is 9.53 Å². The Morgan fingerprint density at radius 1 is 0.941 bits per heavy atom. The molecule has 4 aromatic rings. The van der Waals surface area contributed by atoms with Crippen molar-refractivity contribution in [1.82, 2.24) is 10.2 Å². The Hall–Kier alpha value is -4.12. The number of aromatic amines is 1. The summed E-state index contributed by atoms with van der Waals surface area (Å²) in [7, 11) is 1.68. The molecule has 0 spiro atoms. The SMILES string of the molecule is CCOC(=O)/C=C/c1ccc(/C(=C(/CC)c2ccc(OC)cc2)c2ccc3[nH]ncc3c2)cc1. The summed E-state index contributed by atoms with van der Waals surface area (Å²) < 4.78 is 10.3. The number of nitrogens with zero attached hydrogens (tertiary/aromatic N) is 1. The van der Waals surface area contributed by atoms with Crippen LogP contribution in [0.1, 0.15) is 42.5 Å². The molecule has 172 valence electrons. The molecule has 0 bridgehead atoms. The number of hydrogen-bond acceptors (Lipinski definition) is 4. The summed E-state index contributed by atoms with van der Waals surface area (Å²) in [5.74, 6) is 0.492. The van der Waals surface area contributed by atoms with E-state index < -0.39 is 0 Å². The number of nitrogens with one attached hydrogen (secondary N) is 1. The molecule has 34 heavy (non-hydrogen) atoms. The summed E-state index contributed by atoms with van der Waals surface area (Å²) >= 11 is 0. The molecule has 0 saturated heterocycles. The van der Waals surface area contributed by atoms with Gasteiger partial charge in [-0.2, -0.15) is 5.10 Å². The first kappa shape index (κ1) is 23.1. The lowest BCUT2D eigenvalue weighted by atomic mass is 9.87. The maximum atomic E-state index is 11.7. The van der Waals surface area contributed by atoms with Gasteiger partial charge in [-0.1, -0.05) is 49.4 Å². The van der Waals surface area contributed by atoms with E-state index in [1.54, 1.807) is 20.1 Å². The zero-order chi connectivity index (χ0) is 23.9. The third kappa shape index (κ3) is 5.09. The lowest BCUT2D eigenvalue weighted by molar-refractivity contribution is -0.137. The molecule has 0 atom stereocenters. The van der Waals surface area contributed by atoms with Gasteiger partial charge in [0.15, 0.2) is 0 Å². The Kier molecular flexibility index (Phi) is 7.23. The van der Waals surface area contributed by atoms with Gasteiger partial charge in [-0.15, -0.1) is 0 Å². The summed E-state index contributed by atoms with van der Waals surface area (Å²) in [6.45, 7) is 4.33. The van der Waals surface area contributed by atoms with Crippen LogP contribution in [0, 0.1) is 0 Å². The van der Waals surface area contributed by atoms with Crippen LogP contribution < -0.4 is 4.74 Å². The van der Waals surface area contributed by atoms with Gasteiger partial charge < -0.3 is 9.47 Å². The normalized spacial score (nSPS) is 12.1. The fourth-order valence-electron chi connectivity index (χ4n) is 4.05. The highest BCUT2D eigenvalue weighted by Crippen LogP contribution is 2.36. The molecular weight excluding hydrogens is 424 g/mol. The summed E-state index contributed by atoms with van der Waals surface area (Å²) in [6.07, 6.45) is 5.93. The van der Waals surface area contributed by atoms with Gasteiger partial charge in [0.2, 0.25) is 0 Å². The number of hydrogen-bond donors (Lipinski definition) is 1. The van der Waals surface area contributed by atoms with Crippen LogP contribution in [0.4, 0.5) is 0 Å². The number of aromatic nitrogens is 2. The number of benzene rings is 3. The van der Waals surface area contributed by atoms with E-state index in [0.29, 0.717) is 6.61 Å². The van der Waals surface area contributed by atoms with Crippen LogP contribution in [0.15, 0.2) is 79.0 Å². The fourth-order valence-corrected chi connectivity index (χ4v) is 4.05. The van der Waals surface area contributed by atoms with E-state index in [2.05, 4.69) is 59.6 Å². The molecule has 0 amide bonds. The average molecular weight is 453 g/mol. The van der Waals surface area contributed by atoms with Crippen molar-refractivity contribution in [3.8, 4) is 5.75 Å². The Bertz CT molecular complexity index is 1330. The lowest BCUT2D eigenvalue weighted by Crippen LogP contribution is -1.98. The van der Waals surface area contributed by atoms with Crippen LogP contribution in [0.5, 0.6) is 5.75 Å². The third-order valence-electron chi connectivity index (χ3n) is 5.72. The van der Waals surface area contributed by atoms with Crippen molar-refractivity contribution in [1.29, 1.82) is 0 Å². The van der Waals surface area contributed by atoms with Crippen molar-refractivity contribution < 1.29 is 14.3 Å². The van der Waals surface area contributed by atoms with E-state index in [-0.39, 0.29) is 5.97 Å². The van der Waals surface area contributed by atoms with E-state index in [4.69, 9.17) is 9.47 Å². The molecule has 1 N–H and O–H groups in total. The maximum Gasteiger partial charge on any atom is 0.330 e. The molecule has 0 aliphatic heterocycles. The van der Waals surface area contributed by atoms with Gasteiger partial charge in [0.1, 0.15) is 5.75 Å². The molecule has 3 aromatic carbocycles. The van der Waals surface area contributed by atoms with Crippen molar-refractivity contribution in [3.63, 3.8) is 0 Å². The zero-order valence-corrected chi connectivity index (χ0v) is 19.7. The Balaban J connectivity index is 1.81. The fraction of sp³-hybridized carbons (Fsp3) is 0.172. The number of fused-ring (bicyclic) bond motifs is 1. The molecule has 0 fully saturated rings. The van der Waals surface area contributed by atoms with Crippen LogP contribution in [0.25, 0.3) is 28.1 Å². The highest BCUT2D eigenvalue weighted by Gasteiger charge is 2.14. The van der Waals surface area contributed by atoms with Gasteiger partial charge in [-0.05, 0) is 77.1 Å². The Labute approximate surface area is 199 Å². The molecule has 0 aliphatic rings. The van der Waals surface area contributed by atoms with Gasteiger partial charge >= 0.3 is 5.97 Å². The molecule has 4 rings (SSSR count). The molecule has 5 nitrogen and oxygen atoms in total. The smallest absolute Gasteiger partial charge is 0.330 e. The van der Waals surface area contributed by atoms with Crippen LogP contribution >= 0.6 is 0 Å². The minimum Gasteiger partial charge on any atom is -0.497 e. The van der Waals surface area contributed by atoms with Crippen molar-refractivity contribution >= 4 is 34.1 Å². The van der Waals surface area contributed by atoms with E-state index in [0.717, 1.165) is 50.9 Å². The highest BCUT2D eigenvalue weighted by atomic mass is 16.5. The summed E-state index contributed by atoms with van der Waals surface area (Å²) in [4.78, 5) is 11.7.